The van der Waals surface area contributed by atoms with Gasteiger partial charge in [0.1, 0.15) is 5.82 Å². The Hall–Kier alpha value is -1.58. The van der Waals surface area contributed by atoms with Gasteiger partial charge in [-0.1, -0.05) is 6.92 Å². The van der Waals surface area contributed by atoms with Gasteiger partial charge in [0.25, 0.3) is 0 Å². The minimum Gasteiger partial charge on any atom is -0.478 e. The number of halogens is 1. The van der Waals surface area contributed by atoms with E-state index in [0.29, 0.717) is 11.6 Å². The molecule has 1 aliphatic heterocycles. The van der Waals surface area contributed by atoms with Gasteiger partial charge in [0.2, 0.25) is 0 Å². The zero-order valence-corrected chi connectivity index (χ0v) is 9.82. The normalized spacial score (nSPS) is 17.2. The second kappa shape index (κ2) is 4.73. The highest BCUT2D eigenvalue weighted by Crippen LogP contribution is 2.26. The predicted octanol–water partition coefficient (Wildman–Crippen LogP) is 2.76. The molecule has 4 heteroatoms. The molecule has 1 N–H and O–H groups in total. The lowest BCUT2D eigenvalue weighted by Gasteiger charge is -2.32. The van der Waals surface area contributed by atoms with E-state index in [1.54, 1.807) is 6.07 Å². The van der Waals surface area contributed by atoms with Gasteiger partial charge < -0.3 is 10.0 Å². The molecule has 1 fully saturated rings. The standard InChI is InChI=1S/C13H16FNO2/c1-9-4-6-15(7-5-9)12-3-2-10(14)8-11(12)13(16)17/h2-3,8-9H,4-7H2,1H3,(H,16,17). The maximum absolute atomic E-state index is 13.1. The van der Waals surface area contributed by atoms with Crippen molar-refractivity contribution >= 4 is 11.7 Å². The molecular formula is C13H16FNO2. The first-order valence-corrected chi connectivity index (χ1v) is 5.85. The van der Waals surface area contributed by atoms with Crippen LogP contribution in [0.25, 0.3) is 0 Å². The summed E-state index contributed by atoms with van der Waals surface area (Å²) < 4.78 is 13.1. The molecule has 17 heavy (non-hydrogen) atoms. The minimum atomic E-state index is -1.07. The third kappa shape index (κ3) is 2.57. The van der Waals surface area contributed by atoms with Crippen molar-refractivity contribution in [1.82, 2.24) is 0 Å². The lowest BCUT2D eigenvalue weighted by molar-refractivity contribution is 0.0697. The summed E-state index contributed by atoms with van der Waals surface area (Å²) in [7, 11) is 0. The number of nitrogens with zero attached hydrogens (tertiary/aromatic N) is 1. The van der Waals surface area contributed by atoms with Crippen LogP contribution in [-0.2, 0) is 0 Å². The minimum absolute atomic E-state index is 0.0551. The van der Waals surface area contributed by atoms with Crippen molar-refractivity contribution in [2.24, 2.45) is 5.92 Å². The van der Waals surface area contributed by atoms with Gasteiger partial charge in [0.15, 0.2) is 0 Å². The van der Waals surface area contributed by atoms with Crippen LogP contribution in [0.3, 0.4) is 0 Å². The van der Waals surface area contributed by atoms with Gasteiger partial charge in [-0.3, -0.25) is 0 Å². The third-order valence-corrected chi connectivity index (χ3v) is 3.31. The molecule has 1 heterocycles. The summed E-state index contributed by atoms with van der Waals surface area (Å²) in [6.07, 6.45) is 2.10. The van der Waals surface area contributed by atoms with Crippen LogP contribution in [0.15, 0.2) is 18.2 Å². The maximum Gasteiger partial charge on any atom is 0.337 e. The molecule has 0 amide bonds. The fraction of sp³-hybridized carbons (Fsp3) is 0.462. The second-order valence-electron chi connectivity index (χ2n) is 4.64. The molecule has 1 aromatic carbocycles. The topological polar surface area (TPSA) is 40.5 Å². The van der Waals surface area contributed by atoms with Crippen molar-refractivity contribution in [3.8, 4) is 0 Å². The van der Waals surface area contributed by atoms with E-state index in [9.17, 15) is 9.18 Å². The number of rotatable bonds is 2. The molecule has 0 radical (unpaired) electrons. The molecule has 1 saturated heterocycles. The Bertz CT molecular complexity index is 425. The first kappa shape index (κ1) is 11.9. The van der Waals surface area contributed by atoms with Crippen LogP contribution in [0.4, 0.5) is 10.1 Å². The summed E-state index contributed by atoms with van der Waals surface area (Å²) in [5.74, 6) is -0.894. The second-order valence-corrected chi connectivity index (χ2v) is 4.64. The fourth-order valence-corrected chi connectivity index (χ4v) is 2.20. The molecule has 92 valence electrons. The van der Waals surface area contributed by atoms with Gasteiger partial charge in [-0.2, -0.15) is 0 Å². The predicted molar refractivity (Wildman–Crippen MR) is 64.0 cm³/mol. The molecule has 0 unspecified atom stereocenters. The van der Waals surface area contributed by atoms with E-state index in [-0.39, 0.29) is 5.56 Å². The summed E-state index contributed by atoms with van der Waals surface area (Å²) in [6.45, 7) is 3.88. The quantitative estimate of drug-likeness (QED) is 0.859. The van der Waals surface area contributed by atoms with Gasteiger partial charge in [0, 0.05) is 13.1 Å². The summed E-state index contributed by atoms with van der Waals surface area (Å²) in [6, 6.07) is 3.98. The van der Waals surface area contributed by atoms with Crippen LogP contribution in [0, 0.1) is 11.7 Å². The number of carbonyl (C=O) groups is 1. The Morgan fingerprint density at radius 1 is 1.41 bits per heavy atom. The molecule has 1 aromatic rings. The Morgan fingerprint density at radius 3 is 2.65 bits per heavy atom. The first-order valence-electron chi connectivity index (χ1n) is 5.85. The van der Waals surface area contributed by atoms with Crippen molar-refractivity contribution < 1.29 is 14.3 Å². The van der Waals surface area contributed by atoms with E-state index in [1.807, 2.05) is 4.90 Å². The molecule has 0 saturated carbocycles. The van der Waals surface area contributed by atoms with Gasteiger partial charge >= 0.3 is 5.97 Å². The lowest BCUT2D eigenvalue weighted by Crippen LogP contribution is -2.33. The summed E-state index contributed by atoms with van der Waals surface area (Å²) in [4.78, 5) is 13.1. The number of hydrogen-bond donors (Lipinski definition) is 1. The summed E-state index contributed by atoms with van der Waals surface area (Å²) in [5, 5.41) is 9.08. The van der Waals surface area contributed by atoms with Crippen LogP contribution in [0.5, 0.6) is 0 Å². The molecule has 2 rings (SSSR count). The van der Waals surface area contributed by atoms with Crippen molar-refractivity contribution in [2.45, 2.75) is 19.8 Å². The molecule has 3 nitrogen and oxygen atoms in total. The van der Waals surface area contributed by atoms with Crippen molar-refractivity contribution in [3.05, 3.63) is 29.6 Å². The van der Waals surface area contributed by atoms with Crippen molar-refractivity contribution in [3.63, 3.8) is 0 Å². The van der Waals surface area contributed by atoms with Gasteiger partial charge in [-0.05, 0) is 37.0 Å². The largest absolute Gasteiger partial charge is 0.478 e. The third-order valence-electron chi connectivity index (χ3n) is 3.31. The highest BCUT2D eigenvalue weighted by Gasteiger charge is 2.21. The average molecular weight is 237 g/mol. The molecule has 0 aliphatic carbocycles. The van der Waals surface area contributed by atoms with Crippen molar-refractivity contribution in [1.29, 1.82) is 0 Å². The van der Waals surface area contributed by atoms with Gasteiger partial charge in [-0.15, -0.1) is 0 Å². The lowest BCUT2D eigenvalue weighted by atomic mass is 9.98. The van der Waals surface area contributed by atoms with Gasteiger partial charge in [-0.25, -0.2) is 9.18 Å². The number of anilines is 1. The maximum atomic E-state index is 13.1. The van der Waals surface area contributed by atoms with Crippen LogP contribution in [-0.4, -0.2) is 24.2 Å². The smallest absolute Gasteiger partial charge is 0.337 e. The molecule has 0 bridgehead atoms. The van der Waals surface area contributed by atoms with Crippen LogP contribution in [0.1, 0.15) is 30.1 Å². The Kier molecular flexibility index (Phi) is 3.31. The Balaban J connectivity index is 2.28. The highest BCUT2D eigenvalue weighted by molar-refractivity contribution is 5.94. The molecule has 0 spiro atoms. The summed E-state index contributed by atoms with van der Waals surface area (Å²) in [5.41, 5.74) is 0.686. The number of benzene rings is 1. The Morgan fingerprint density at radius 2 is 2.06 bits per heavy atom. The SMILES string of the molecule is CC1CCN(c2ccc(F)cc2C(=O)O)CC1. The highest BCUT2D eigenvalue weighted by atomic mass is 19.1. The van der Waals surface area contributed by atoms with E-state index in [4.69, 9.17) is 5.11 Å². The first-order chi connectivity index (χ1) is 8.08. The zero-order chi connectivity index (χ0) is 12.4. The number of piperidine rings is 1. The number of aromatic carboxylic acids is 1. The van der Waals surface area contributed by atoms with Crippen LogP contribution < -0.4 is 4.90 Å². The molecule has 0 atom stereocenters. The van der Waals surface area contributed by atoms with E-state index in [1.165, 1.54) is 6.07 Å². The van der Waals surface area contributed by atoms with Crippen molar-refractivity contribution in [2.75, 3.05) is 18.0 Å². The van der Waals surface area contributed by atoms with Gasteiger partial charge in [0.05, 0.1) is 11.3 Å². The molecule has 0 aromatic heterocycles. The number of carboxylic acids is 1. The van der Waals surface area contributed by atoms with E-state index >= 15 is 0 Å². The van der Waals surface area contributed by atoms with Crippen LogP contribution >= 0.6 is 0 Å². The van der Waals surface area contributed by atoms with E-state index in [0.717, 1.165) is 32.0 Å². The number of carboxylic acid groups (broad SMARTS) is 1. The molecular weight excluding hydrogens is 221 g/mol. The monoisotopic (exact) mass is 237 g/mol. The Labute approximate surface area is 99.9 Å². The van der Waals surface area contributed by atoms with E-state index < -0.39 is 11.8 Å². The average Bonchev–Trinajstić information content (AvgIpc) is 2.30. The van der Waals surface area contributed by atoms with E-state index in [2.05, 4.69) is 6.92 Å². The molecule has 1 aliphatic rings. The van der Waals surface area contributed by atoms with Crippen LogP contribution in [0.2, 0.25) is 0 Å². The number of hydrogen-bond acceptors (Lipinski definition) is 2. The summed E-state index contributed by atoms with van der Waals surface area (Å²) >= 11 is 0. The fourth-order valence-electron chi connectivity index (χ4n) is 2.20. The zero-order valence-electron chi connectivity index (χ0n) is 9.82.